The number of sulfonamides is 1. The lowest BCUT2D eigenvalue weighted by Gasteiger charge is -2.27. The number of aryl methyl sites for hydroxylation is 1. The summed E-state index contributed by atoms with van der Waals surface area (Å²) in [5.41, 5.74) is 10.3. The molecule has 23 heteroatoms. The maximum absolute atomic E-state index is 14.3. The summed E-state index contributed by atoms with van der Waals surface area (Å²) in [6.07, 6.45) is 6.40. The quantitative estimate of drug-likeness (QED) is 0.0233. The van der Waals surface area contributed by atoms with E-state index in [1.165, 1.54) is 36.5 Å². The summed E-state index contributed by atoms with van der Waals surface area (Å²) in [7, 11) is 3.64. The zero-order valence-electron chi connectivity index (χ0n) is 40.5. The monoisotopic (exact) mass is 1080 g/mol. The van der Waals surface area contributed by atoms with Crippen molar-refractivity contribution in [3.8, 4) is 17.0 Å². The van der Waals surface area contributed by atoms with E-state index in [9.17, 15) is 22.4 Å². The molecular weight excluding hydrogens is 1030 g/mol. The molecule has 4 aromatic carbocycles. The number of para-hydroxylation sites is 1. The number of rotatable bonds is 26. The van der Waals surface area contributed by atoms with Crippen LogP contribution in [0.5, 0.6) is 5.75 Å². The molecule has 0 fully saturated rings. The minimum absolute atomic E-state index is 0.0390. The number of amides is 2. The number of methoxy groups -OCH3 is 1. The number of nitrogens with two attached hydrogens (primary N) is 1. The lowest BCUT2D eigenvalue weighted by atomic mass is 10.1. The molecule has 0 radical (unpaired) electrons. The Morgan fingerprint density at radius 3 is 2.37 bits per heavy atom. The number of primary amides is 1. The molecule has 73 heavy (non-hydrogen) atoms. The highest BCUT2D eigenvalue weighted by Gasteiger charge is 2.20. The SMILES string of the molecule is C=CC(=O)Nc1cc(Nc2nccc(-c3cn(C)c4ccccc34)n2)c(OC)cc1N(C)CCN(C)CCOCCOCCNS(=O)(=O)c1ccc(Nc2ncc(Br)c(Nc3cccc(F)c3C(N)=O)n2)cc1. The van der Waals surface area contributed by atoms with Crippen LogP contribution in [-0.2, 0) is 31.3 Å². The Kier molecular flexibility index (Phi) is 18.0. The second kappa shape index (κ2) is 24.7. The second-order valence-electron chi connectivity index (χ2n) is 16.4. The molecule has 0 aliphatic carbocycles. The first kappa shape index (κ1) is 53.3. The molecule has 2 amide bonds. The molecule has 0 saturated carbocycles. The van der Waals surface area contributed by atoms with E-state index in [-0.39, 0.29) is 53.6 Å². The van der Waals surface area contributed by atoms with Crippen LogP contribution in [0.2, 0.25) is 0 Å². The molecule has 382 valence electrons. The Hall–Kier alpha value is -7.54. The van der Waals surface area contributed by atoms with Crippen molar-refractivity contribution < 1.29 is 36.6 Å². The fourth-order valence-electron chi connectivity index (χ4n) is 7.47. The highest BCUT2D eigenvalue weighted by atomic mass is 79.9. The maximum Gasteiger partial charge on any atom is 0.253 e. The van der Waals surface area contributed by atoms with Gasteiger partial charge in [-0.05, 0) is 83.7 Å². The number of hydrogen-bond donors (Lipinski definition) is 6. The van der Waals surface area contributed by atoms with Crippen LogP contribution in [0, 0.1) is 5.82 Å². The molecule has 0 atom stereocenters. The van der Waals surface area contributed by atoms with Crippen LogP contribution in [0.1, 0.15) is 10.4 Å². The van der Waals surface area contributed by atoms with Crippen molar-refractivity contribution in [2.75, 3.05) is 100.0 Å². The predicted molar refractivity (Wildman–Crippen MR) is 284 cm³/mol. The highest BCUT2D eigenvalue weighted by molar-refractivity contribution is 9.10. The van der Waals surface area contributed by atoms with Gasteiger partial charge in [0.15, 0.2) is 0 Å². The van der Waals surface area contributed by atoms with E-state index in [2.05, 4.69) is 85.0 Å². The van der Waals surface area contributed by atoms with Crippen molar-refractivity contribution in [1.29, 1.82) is 0 Å². The van der Waals surface area contributed by atoms with Gasteiger partial charge in [0.2, 0.25) is 27.8 Å². The second-order valence-corrected chi connectivity index (χ2v) is 19.0. The fraction of sp³-hybridized carbons (Fsp3) is 0.240. The van der Waals surface area contributed by atoms with Gasteiger partial charge in [-0.15, -0.1) is 0 Å². The van der Waals surface area contributed by atoms with Gasteiger partial charge in [0, 0.05) is 87.1 Å². The number of aromatic nitrogens is 5. The van der Waals surface area contributed by atoms with Crippen LogP contribution in [0.3, 0.4) is 0 Å². The summed E-state index contributed by atoms with van der Waals surface area (Å²) in [6.45, 7) is 6.73. The van der Waals surface area contributed by atoms with E-state index >= 15 is 0 Å². The van der Waals surface area contributed by atoms with Crippen LogP contribution >= 0.6 is 15.9 Å². The van der Waals surface area contributed by atoms with E-state index in [4.69, 9.17) is 24.9 Å². The maximum atomic E-state index is 14.3. The van der Waals surface area contributed by atoms with Crippen molar-refractivity contribution in [2.45, 2.75) is 4.90 Å². The molecule has 7 N–H and O–H groups in total. The van der Waals surface area contributed by atoms with Crippen LogP contribution in [0.15, 0.2) is 126 Å². The molecule has 0 unspecified atom stereocenters. The number of likely N-dealkylation sites (N-methyl/N-ethyl adjacent to an activating group) is 2. The number of benzene rings is 4. The van der Waals surface area contributed by atoms with E-state index in [1.807, 2.05) is 56.5 Å². The molecule has 0 bridgehead atoms. The zero-order chi connectivity index (χ0) is 52.1. The van der Waals surface area contributed by atoms with Gasteiger partial charge in [0.05, 0.1) is 76.9 Å². The number of carbonyl (C=O) groups is 2. The summed E-state index contributed by atoms with van der Waals surface area (Å²) in [5.74, 6) is -0.854. The number of nitrogens with one attached hydrogen (secondary N) is 5. The average Bonchev–Trinajstić information content (AvgIpc) is 3.72. The molecule has 0 spiro atoms. The minimum atomic E-state index is -3.84. The Labute approximate surface area is 430 Å². The van der Waals surface area contributed by atoms with Gasteiger partial charge in [-0.25, -0.2) is 32.5 Å². The minimum Gasteiger partial charge on any atom is -0.494 e. The predicted octanol–water partition coefficient (Wildman–Crippen LogP) is 7.17. The molecule has 0 aliphatic rings. The highest BCUT2D eigenvalue weighted by Crippen LogP contribution is 2.38. The van der Waals surface area contributed by atoms with E-state index < -0.39 is 21.7 Å². The van der Waals surface area contributed by atoms with Crippen LogP contribution in [0.25, 0.3) is 22.2 Å². The van der Waals surface area contributed by atoms with E-state index in [0.717, 1.165) is 33.9 Å². The molecular formula is C50H55BrFN13O7S. The van der Waals surface area contributed by atoms with Gasteiger partial charge in [-0.3, -0.25) is 9.59 Å². The first-order valence-corrected chi connectivity index (χ1v) is 25.0. The molecule has 20 nitrogen and oxygen atoms in total. The number of carbonyl (C=O) groups excluding carboxylic acids is 2. The number of nitrogens with zero attached hydrogens (tertiary/aromatic N) is 7. The van der Waals surface area contributed by atoms with E-state index in [0.29, 0.717) is 66.1 Å². The van der Waals surface area contributed by atoms with Crippen LogP contribution in [0.4, 0.5) is 50.5 Å². The molecule has 0 aliphatic heterocycles. The first-order chi connectivity index (χ1) is 35.1. The van der Waals surface area contributed by atoms with Crippen LogP contribution < -0.4 is 41.4 Å². The van der Waals surface area contributed by atoms with Crippen molar-refractivity contribution in [1.82, 2.24) is 34.1 Å². The molecule has 3 heterocycles. The third-order valence-corrected chi connectivity index (χ3v) is 13.3. The van der Waals surface area contributed by atoms with Crippen LogP contribution in [-0.4, -0.2) is 123 Å². The molecule has 7 rings (SSSR count). The lowest BCUT2D eigenvalue weighted by molar-refractivity contribution is -0.111. The van der Waals surface area contributed by atoms with Gasteiger partial charge in [0.1, 0.15) is 17.4 Å². The number of ether oxygens (including phenoxy) is 3. The Balaban J connectivity index is 0.823. The standard InChI is InChI=1S/C50H55BrFN13O7S/c1-6-45(66)58-40-28-41(61-49-54-19-18-38(60-49)35-31-65(4)42-13-8-7-10-34(35)42)44(70-5)29-43(40)64(3)22-21-63(2)23-25-72-27-26-71-24-20-56-73(68,69)33-16-14-32(15-17-33)57-50-55-30-36(51)48(62-50)59-39-12-9-11-37(52)46(39)47(53)67/h6-19,28-31,56H,1,20-27H2,2-5H3,(H2,53,67)(H,58,66)(H,54,60,61)(H2,55,57,59,62). The fourth-order valence-corrected chi connectivity index (χ4v) is 8.77. The zero-order valence-corrected chi connectivity index (χ0v) is 42.9. The van der Waals surface area contributed by atoms with Gasteiger partial charge in [-0.2, -0.15) is 4.98 Å². The largest absolute Gasteiger partial charge is 0.494 e. The Morgan fingerprint density at radius 1 is 0.863 bits per heavy atom. The topological polar surface area (TPSA) is 245 Å². The number of fused-ring (bicyclic) bond motifs is 1. The van der Waals surface area contributed by atoms with Gasteiger partial charge in [0.25, 0.3) is 5.91 Å². The smallest absolute Gasteiger partial charge is 0.253 e. The third-order valence-electron chi connectivity index (χ3n) is 11.3. The van der Waals surface area contributed by atoms with E-state index in [1.54, 1.807) is 31.5 Å². The summed E-state index contributed by atoms with van der Waals surface area (Å²) >= 11 is 3.34. The average molecular weight is 1080 g/mol. The lowest BCUT2D eigenvalue weighted by Crippen LogP contribution is -2.33. The molecule has 7 aromatic rings. The number of hydrogen-bond acceptors (Lipinski definition) is 16. The number of halogens is 2. The summed E-state index contributed by atoms with van der Waals surface area (Å²) < 4.78 is 62.5. The summed E-state index contributed by atoms with van der Waals surface area (Å²) in [4.78, 5) is 46.5. The first-order valence-electron chi connectivity index (χ1n) is 22.7. The molecule has 3 aromatic heterocycles. The van der Waals surface area contributed by atoms with Crippen molar-refractivity contribution in [3.05, 3.63) is 132 Å². The van der Waals surface area contributed by atoms with Gasteiger partial charge >= 0.3 is 0 Å². The van der Waals surface area contributed by atoms with Gasteiger partial charge < -0.3 is 55.6 Å². The summed E-state index contributed by atoms with van der Waals surface area (Å²) in [5, 5.41) is 13.2. The van der Waals surface area contributed by atoms with Crippen molar-refractivity contribution in [3.63, 3.8) is 0 Å². The normalized spacial score (nSPS) is 11.4. The van der Waals surface area contributed by atoms with Crippen molar-refractivity contribution >= 4 is 94.8 Å². The van der Waals surface area contributed by atoms with Gasteiger partial charge in [-0.1, -0.05) is 30.8 Å². The summed E-state index contributed by atoms with van der Waals surface area (Å²) in [6, 6.07) is 23.6. The Morgan fingerprint density at radius 2 is 1.62 bits per heavy atom. The number of anilines is 8. The third kappa shape index (κ3) is 13.9. The van der Waals surface area contributed by atoms with Crippen molar-refractivity contribution in [2.24, 2.45) is 12.8 Å². The molecule has 0 saturated heterocycles. The Bertz CT molecular complexity index is 3200.